The van der Waals surface area contributed by atoms with Gasteiger partial charge in [0.2, 0.25) is 0 Å². The van der Waals surface area contributed by atoms with Crippen LogP contribution in [0.2, 0.25) is 0 Å². The summed E-state index contributed by atoms with van der Waals surface area (Å²) in [6.45, 7) is 0.578. The maximum Gasteiger partial charge on any atom is 0.117 e. The predicted octanol–water partition coefficient (Wildman–Crippen LogP) is 0.0339. The molecule has 5 heteroatoms. The van der Waals surface area contributed by atoms with Crippen molar-refractivity contribution in [1.82, 2.24) is 0 Å². The zero-order chi connectivity index (χ0) is 8.74. The summed E-state index contributed by atoms with van der Waals surface area (Å²) in [7, 11) is 0. The Balaban J connectivity index is 3.79. The number of halogens is 1. The first-order valence-corrected chi connectivity index (χ1v) is 7.09. The van der Waals surface area contributed by atoms with E-state index in [1.807, 2.05) is 0 Å². The van der Waals surface area contributed by atoms with Gasteiger partial charge in [-0.05, 0) is 0 Å². The highest BCUT2D eigenvalue weighted by atomic mass is 35.7. The van der Waals surface area contributed by atoms with Crippen LogP contribution in [0.25, 0.3) is 0 Å². The van der Waals surface area contributed by atoms with Gasteiger partial charge in [0, 0.05) is 19.6 Å². The molecular formula is C6H18ClN3P+. The summed E-state index contributed by atoms with van der Waals surface area (Å²) in [6.07, 6.45) is 2.72. The van der Waals surface area contributed by atoms with Crippen molar-refractivity contribution < 1.29 is 0 Å². The lowest BCUT2D eigenvalue weighted by Gasteiger charge is -2.16. The molecule has 0 bridgehead atoms. The molecule has 11 heavy (non-hydrogen) atoms. The molecule has 0 aliphatic rings. The molecule has 0 aromatic carbocycles. The lowest BCUT2D eigenvalue weighted by Crippen LogP contribution is -2.19. The highest BCUT2D eigenvalue weighted by molar-refractivity contribution is 7.99. The van der Waals surface area contributed by atoms with Gasteiger partial charge in [-0.2, -0.15) is 0 Å². The summed E-state index contributed by atoms with van der Waals surface area (Å²) in [5, 5.41) is 0. The second-order valence-corrected chi connectivity index (χ2v) is 8.12. The average Bonchev–Trinajstić information content (AvgIpc) is 1.88. The Morgan fingerprint density at radius 2 is 1.09 bits per heavy atom. The predicted molar refractivity (Wildman–Crippen MR) is 54.5 cm³/mol. The van der Waals surface area contributed by atoms with E-state index in [2.05, 4.69) is 0 Å². The summed E-state index contributed by atoms with van der Waals surface area (Å²) < 4.78 is 0. The van der Waals surface area contributed by atoms with Gasteiger partial charge in [0.1, 0.15) is 6.62 Å². The van der Waals surface area contributed by atoms with E-state index >= 15 is 0 Å². The normalized spacial score (nSPS) is 12.0. The smallest absolute Gasteiger partial charge is 0.117 e. The minimum atomic E-state index is -1.37. The Hall–Kier alpha value is 0.600. The fourth-order valence-electron chi connectivity index (χ4n) is 1.03. The van der Waals surface area contributed by atoms with Gasteiger partial charge in [0.15, 0.2) is 0 Å². The van der Waals surface area contributed by atoms with E-state index in [1.54, 1.807) is 0 Å². The van der Waals surface area contributed by atoms with Crippen LogP contribution < -0.4 is 17.2 Å². The summed E-state index contributed by atoms with van der Waals surface area (Å²) in [5.74, 6) is 0. The molecule has 0 aliphatic heterocycles. The van der Waals surface area contributed by atoms with Crippen LogP contribution in [-0.2, 0) is 0 Å². The topological polar surface area (TPSA) is 78.1 Å². The molecule has 0 saturated heterocycles. The quantitative estimate of drug-likeness (QED) is 0.527. The third kappa shape index (κ3) is 4.94. The van der Waals surface area contributed by atoms with Gasteiger partial charge in [0.05, 0.1) is 29.7 Å². The highest BCUT2D eigenvalue weighted by Gasteiger charge is 2.32. The van der Waals surface area contributed by atoms with Crippen molar-refractivity contribution in [2.45, 2.75) is 0 Å². The second-order valence-electron chi connectivity index (χ2n) is 2.57. The molecule has 0 saturated carbocycles. The van der Waals surface area contributed by atoms with E-state index in [9.17, 15) is 0 Å². The SMILES string of the molecule is NCC[P+](Cl)(CCN)CCN. The van der Waals surface area contributed by atoms with Crippen molar-refractivity contribution in [3.8, 4) is 0 Å². The summed E-state index contributed by atoms with van der Waals surface area (Å²) >= 11 is 6.31. The van der Waals surface area contributed by atoms with Gasteiger partial charge in [-0.3, -0.25) is 0 Å². The van der Waals surface area contributed by atoms with Gasteiger partial charge in [-0.25, -0.2) is 0 Å². The largest absolute Gasteiger partial charge is 0.327 e. The Labute approximate surface area is 73.8 Å². The Morgan fingerprint density at radius 3 is 1.27 bits per heavy atom. The molecule has 0 radical (unpaired) electrons. The van der Waals surface area contributed by atoms with Crippen LogP contribution in [0.15, 0.2) is 0 Å². The molecule has 68 valence electrons. The first-order valence-electron chi connectivity index (χ1n) is 3.84. The maximum atomic E-state index is 6.31. The minimum Gasteiger partial charge on any atom is -0.327 e. The van der Waals surface area contributed by atoms with Crippen LogP contribution in [0.1, 0.15) is 0 Å². The van der Waals surface area contributed by atoms with E-state index in [0.717, 1.165) is 18.5 Å². The standard InChI is InChI=1S/C6H18ClN3P/c7-11(4-1-8,5-2-9)6-3-10/h1-6,8-10H2/q+1. The van der Waals surface area contributed by atoms with E-state index in [4.69, 9.17) is 28.4 Å². The third-order valence-electron chi connectivity index (χ3n) is 1.59. The molecule has 0 rings (SSSR count). The molecule has 0 aromatic heterocycles. The monoisotopic (exact) mass is 198 g/mol. The second kappa shape index (κ2) is 6.15. The van der Waals surface area contributed by atoms with Gasteiger partial charge in [-0.15, -0.1) is 0 Å². The lowest BCUT2D eigenvalue weighted by molar-refractivity contribution is 1.06. The summed E-state index contributed by atoms with van der Waals surface area (Å²) in [6, 6.07) is 0. The van der Waals surface area contributed by atoms with Crippen LogP contribution in [-0.4, -0.2) is 38.1 Å². The molecule has 0 spiro atoms. The Morgan fingerprint density at radius 1 is 0.818 bits per heavy atom. The molecule has 3 nitrogen and oxygen atoms in total. The molecule has 0 aliphatic carbocycles. The number of hydrogen-bond acceptors (Lipinski definition) is 3. The molecule has 0 aromatic rings. The Kier molecular flexibility index (Phi) is 6.49. The van der Waals surface area contributed by atoms with Gasteiger partial charge >= 0.3 is 0 Å². The lowest BCUT2D eigenvalue weighted by atomic mass is 10.8. The van der Waals surface area contributed by atoms with Crippen LogP contribution >= 0.6 is 17.9 Å². The Bertz CT molecular complexity index is 84.8. The van der Waals surface area contributed by atoms with E-state index in [0.29, 0.717) is 19.6 Å². The van der Waals surface area contributed by atoms with E-state index < -0.39 is 6.62 Å². The summed E-state index contributed by atoms with van der Waals surface area (Å²) in [4.78, 5) is 0. The fraction of sp³-hybridized carbons (Fsp3) is 1.00. The zero-order valence-corrected chi connectivity index (χ0v) is 8.45. The fourth-order valence-corrected chi connectivity index (χ4v) is 3.97. The maximum absolute atomic E-state index is 6.31. The summed E-state index contributed by atoms with van der Waals surface area (Å²) in [5.41, 5.74) is 16.3. The van der Waals surface area contributed by atoms with Gasteiger partial charge in [0.25, 0.3) is 0 Å². The first kappa shape index (κ1) is 11.6. The zero-order valence-electron chi connectivity index (χ0n) is 6.80. The first-order chi connectivity index (χ1) is 5.18. The number of nitrogens with two attached hydrogens (primary N) is 3. The molecular weight excluding hydrogens is 181 g/mol. The number of hydrogen-bond donors (Lipinski definition) is 3. The molecule has 0 unspecified atom stereocenters. The molecule has 0 fully saturated rings. The van der Waals surface area contributed by atoms with Gasteiger partial charge < -0.3 is 17.2 Å². The minimum absolute atomic E-state index is 0.650. The van der Waals surface area contributed by atoms with Crippen molar-refractivity contribution in [1.29, 1.82) is 0 Å². The van der Waals surface area contributed by atoms with Crippen molar-refractivity contribution in [3.05, 3.63) is 0 Å². The van der Waals surface area contributed by atoms with Crippen LogP contribution in [0.3, 0.4) is 0 Å². The molecule has 6 N–H and O–H groups in total. The van der Waals surface area contributed by atoms with Crippen molar-refractivity contribution >= 4 is 17.9 Å². The highest BCUT2D eigenvalue weighted by Crippen LogP contribution is 2.62. The van der Waals surface area contributed by atoms with Crippen LogP contribution in [0, 0.1) is 0 Å². The van der Waals surface area contributed by atoms with Crippen LogP contribution in [0.4, 0.5) is 0 Å². The van der Waals surface area contributed by atoms with Crippen molar-refractivity contribution in [3.63, 3.8) is 0 Å². The number of rotatable bonds is 6. The average molecular weight is 199 g/mol. The third-order valence-corrected chi connectivity index (χ3v) is 6.29. The van der Waals surface area contributed by atoms with Crippen molar-refractivity contribution in [2.75, 3.05) is 38.1 Å². The van der Waals surface area contributed by atoms with Crippen molar-refractivity contribution in [2.24, 2.45) is 17.2 Å². The molecule has 0 heterocycles. The molecule has 0 amide bonds. The van der Waals surface area contributed by atoms with E-state index in [1.165, 1.54) is 0 Å². The molecule has 0 atom stereocenters. The van der Waals surface area contributed by atoms with E-state index in [-0.39, 0.29) is 0 Å². The van der Waals surface area contributed by atoms with Crippen LogP contribution in [0.5, 0.6) is 0 Å². The van der Waals surface area contributed by atoms with Gasteiger partial charge in [-0.1, -0.05) is 0 Å².